The molecule has 9 nitrogen and oxygen atoms in total. The molecule has 178 valence electrons. The predicted octanol–water partition coefficient (Wildman–Crippen LogP) is 3.56. The number of methoxy groups -OCH3 is 1. The Kier molecular flexibility index (Phi) is 6.67. The highest BCUT2D eigenvalue weighted by Gasteiger charge is 2.17. The van der Waals surface area contributed by atoms with Gasteiger partial charge in [-0.2, -0.15) is 0 Å². The zero-order valence-corrected chi connectivity index (χ0v) is 19.4. The van der Waals surface area contributed by atoms with Crippen molar-refractivity contribution < 1.29 is 9.15 Å². The Bertz CT molecular complexity index is 1440. The van der Waals surface area contributed by atoms with Crippen molar-refractivity contribution in [3.8, 4) is 5.75 Å². The summed E-state index contributed by atoms with van der Waals surface area (Å²) in [5.41, 5.74) is 2.50. The van der Waals surface area contributed by atoms with Crippen LogP contribution in [0.4, 0.5) is 0 Å². The molecule has 3 aromatic heterocycles. The van der Waals surface area contributed by atoms with Crippen LogP contribution in [-0.2, 0) is 32.6 Å². The lowest BCUT2D eigenvalue weighted by atomic mass is 10.1. The number of tetrazole rings is 1. The normalized spacial score (nSPS) is 11.4. The summed E-state index contributed by atoms with van der Waals surface area (Å²) in [6.07, 6.45) is 2.47. The Morgan fingerprint density at radius 3 is 2.71 bits per heavy atom. The van der Waals surface area contributed by atoms with Crippen molar-refractivity contribution in [3.63, 3.8) is 0 Å². The van der Waals surface area contributed by atoms with Gasteiger partial charge in [-0.1, -0.05) is 30.3 Å². The van der Waals surface area contributed by atoms with Crippen LogP contribution in [-0.4, -0.2) is 37.2 Å². The SMILES string of the molecule is COc1ccc2[nH]c(=O)c(CN(Cc3ccco3)Cc3nnnn3CCc3ccccc3)cc2c1. The van der Waals surface area contributed by atoms with Gasteiger partial charge in [0.05, 0.1) is 26.5 Å². The van der Waals surface area contributed by atoms with E-state index in [-0.39, 0.29) is 5.56 Å². The molecule has 0 aliphatic heterocycles. The summed E-state index contributed by atoms with van der Waals surface area (Å²) in [7, 11) is 1.63. The molecule has 0 atom stereocenters. The van der Waals surface area contributed by atoms with E-state index in [0.29, 0.717) is 31.7 Å². The molecule has 1 N–H and O–H groups in total. The minimum atomic E-state index is -0.129. The van der Waals surface area contributed by atoms with Gasteiger partial charge in [-0.3, -0.25) is 9.69 Å². The second kappa shape index (κ2) is 10.4. The second-order valence-electron chi connectivity index (χ2n) is 8.36. The van der Waals surface area contributed by atoms with Gasteiger partial charge >= 0.3 is 0 Å². The third-order valence-electron chi connectivity index (χ3n) is 5.91. The molecule has 0 aliphatic rings. The molecular weight excluding hydrogens is 444 g/mol. The van der Waals surface area contributed by atoms with E-state index in [0.717, 1.165) is 34.7 Å². The summed E-state index contributed by atoms with van der Waals surface area (Å²) in [4.78, 5) is 17.9. The molecular formula is C26H26N6O3. The number of hydrogen-bond acceptors (Lipinski definition) is 7. The Morgan fingerprint density at radius 2 is 1.91 bits per heavy atom. The zero-order valence-electron chi connectivity index (χ0n) is 19.4. The first-order valence-electron chi connectivity index (χ1n) is 11.4. The fraction of sp³-hybridized carbons (Fsp3) is 0.231. The number of furan rings is 1. The molecule has 5 rings (SSSR count). The number of benzene rings is 2. The van der Waals surface area contributed by atoms with Crippen molar-refractivity contribution >= 4 is 10.9 Å². The van der Waals surface area contributed by atoms with Crippen LogP contribution >= 0.6 is 0 Å². The van der Waals surface area contributed by atoms with Crippen LogP contribution in [0, 0.1) is 0 Å². The molecule has 0 fully saturated rings. The lowest BCUT2D eigenvalue weighted by Crippen LogP contribution is -2.28. The number of aromatic amines is 1. The molecule has 0 spiro atoms. The molecule has 0 radical (unpaired) electrons. The molecule has 0 bridgehead atoms. The maximum atomic E-state index is 12.9. The number of nitrogens with zero attached hydrogens (tertiary/aromatic N) is 5. The number of pyridine rings is 1. The van der Waals surface area contributed by atoms with Crippen LogP contribution in [0.3, 0.4) is 0 Å². The Labute approximate surface area is 202 Å². The number of aryl methyl sites for hydroxylation is 2. The van der Waals surface area contributed by atoms with Crippen LogP contribution in [0.1, 0.15) is 22.7 Å². The number of H-pyrrole nitrogens is 1. The monoisotopic (exact) mass is 470 g/mol. The van der Waals surface area contributed by atoms with Crippen molar-refractivity contribution in [1.29, 1.82) is 0 Å². The van der Waals surface area contributed by atoms with Gasteiger partial charge in [0.15, 0.2) is 5.82 Å². The van der Waals surface area contributed by atoms with Gasteiger partial charge < -0.3 is 14.1 Å². The van der Waals surface area contributed by atoms with E-state index >= 15 is 0 Å². The van der Waals surface area contributed by atoms with Crippen molar-refractivity contribution in [2.75, 3.05) is 7.11 Å². The summed E-state index contributed by atoms with van der Waals surface area (Å²) >= 11 is 0. The zero-order chi connectivity index (χ0) is 24.0. The van der Waals surface area contributed by atoms with E-state index in [4.69, 9.17) is 9.15 Å². The fourth-order valence-electron chi connectivity index (χ4n) is 4.10. The highest BCUT2D eigenvalue weighted by atomic mass is 16.5. The molecule has 35 heavy (non-hydrogen) atoms. The maximum Gasteiger partial charge on any atom is 0.252 e. The van der Waals surface area contributed by atoms with Gasteiger partial charge in [0.2, 0.25) is 0 Å². The molecule has 0 amide bonds. The molecule has 0 unspecified atom stereocenters. The van der Waals surface area contributed by atoms with Crippen LogP contribution in [0.25, 0.3) is 10.9 Å². The standard InChI is InChI=1S/C26H26N6O3/c1-34-22-9-10-24-20(15-22)14-21(26(33)27-24)16-31(17-23-8-5-13-35-23)18-25-28-29-30-32(25)12-11-19-6-3-2-4-7-19/h2-10,13-15H,11-12,16-18H2,1H3,(H,27,33). The summed E-state index contributed by atoms with van der Waals surface area (Å²) < 4.78 is 12.7. The van der Waals surface area contributed by atoms with Crippen molar-refractivity contribution in [3.05, 3.63) is 106 Å². The van der Waals surface area contributed by atoms with E-state index in [9.17, 15) is 4.79 Å². The quantitative estimate of drug-likeness (QED) is 0.333. The van der Waals surface area contributed by atoms with Gasteiger partial charge in [-0.05, 0) is 58.8 Å². The molecule has 0 aliphatic carbocycles. The fourth-order valence-corrected chi connectivity index (χ4v) is 4.10. The van der Waals surface area contributed by atoms with E-state index in [1.165, 1.54) is 5.56 Å². The first-order valence-corrected chi connectivity index (χ1v) is 11.4. The first kappa shape index (κ1) is 22.5. The van der Waals surface area contributed by atoms with Crippen molar-refractivity contribution in [1.82, 2.24) is 30.1 Å². The number of nitrogens with one attached hydrogen (secondary N) is 1. The Hall–Kier alpha value is -4.24. The highest BCUT2D eigenvalue weighted by molar-refractivity contribution is 5.80. The predicted molar refractivity (Wildman–Crippen MR) is 131 cm³/mol. The number of rotatable bonds is 10. The van der Waals surface area contributed by atoms with Gasteiger partial charge in [-0.15, -0.1) is 5.10 Å². The average Bonchev–Trinajstić information content (AvgIpc) is 3.55. The van der Waals surface area contributed by atoms with Crippen LogP contribution in [0.2, 0.25) is 0 Å². The van der Waals surface area contributed by atoms with Crippen molar-refractivity contribution in [2.24, 2.45) is 0 Å². The highest BCUT2D eigenvalue weighted by Crippen LogP contribution is 2.20. The smallest absolute Gasteiger partial charge is 0.252 e. The van der Waals surface area contributed by atoms with E-state index in [1.54, 1.807) is 13.4 Å². The lowest BCUT2D eigenvalue weighted by molar-refractivity contribution is 0.216. The maximum absolute atomic E-state index is 12.9. The largest absolute Gasteiger partial charge is 0.497 e. The van der Waals surface area contributed by atoms with Gasteiger partial charge in [0.25, 0.3) is 5.56 Å². The first-order chi connectivity index (χ1) is 17.2. The van der Waals surface area contributed by atoms with Gasteiger partial charge in [-0.25, -0.2) is 4.68 Å². The average molecular weight is 471 g/mol. The third-order valence-corrected chi connectivity index (χ3v) is 5.91. The lowest BCUT2D eigenvalue weighted by Gasteiger charge is -2.20. The Balaban J connectivity index is 1.39. The summed E-state index contributed by atoms with van der Waals surface area (Å²) in [6.45, 7) is 2.03. The number of aromatic nitrogens is 5. The summed E-state index contributed by atoms with van der Waals surface area (Å²) in [6, 6.07) is 21.5. The van der Waals surface area contributed by atoms with E-state index < -0.39 is 0 Å². The van der Waals surface area contributed by atoms with Crippen LogP contribution in [0.5, 0.6) is 5.75 Å². The second-order valence-corrected chi connectivity index (χ2v) is 8.36. The van der Waals surface area contributed by atoms with Crippen molar-refractivity contribution in [2.45, 2.75) is 32.6 Å². The number of ether oxygens (including phenoxy) is 1. The summed E-state index contributed by atoms with van der Waals surface area (Å²) in [5, 5.41) is 13.3. The van der Waals surface area contributed by atoms with Gasteiger partial charge in [0, 0.05) is 29.6 Å². The van der Waals surface area contributed by atoms with E-state index in [2.05, 4.69) is 37.5 Å². The molecule has 5 aromatic rings. The number of hydrogen-bond donors (Lipinski definition) is 1. The minimum Gasteiger partial charge on any atom is -0.497 e. The molecule has 2 aromatic carbocycles. The van der Waals surface area contributed by atoms with E-state index in [1.807, 2.05) is 59.3 Å². The number of fused-ring (bicyclic) bond motifs is 1. The Morgan fingerprint density at radius 1 is 1.03 bits per heavy atom. The van der Waals surface area contributed by atoms with Crippen LogP contribution in [0.15, 0.2) is 82.2 Å². The third kappa shape index (κ3) is 5.47. The van der Waals surface area contributed by atoms with Crippen LogP contribution < -0.4 is 10.3 Å². The minimum absolute atomic E-state index is 0.129. The van der Waals surface area contributed by atoms with Gasteiger partial charge in [0.1, 0.15) is 11.5 Å². The molecule has 0 saturated carbocycles. The summed E-state index contributed by atoms with van der Waals surface area (Å²) in [5.74, 6) is 2.26. The molecule has 9 heteroatoms. The molecule has 3 heterocycles. The molecule has 0 saturated heterocycles. The topological polar surface area (TPSA) is 102 Å².